The fourth-order valence-corrected chi connectivity index (χ4v) is 3.94. The molecule has 0 aromatic heterocycles. The Morgan fingerprint density at radius 3 is 2.22 bits per heavy atom. The van der Waals surface area contributed by atoms with Crippen molar-refractivity contribution in [3.05, 3.63) is 24.3 Å². The number of rotatable bonds is 6. The molecule has 6 nitrogen and oxygen atoms in total. The average molecular weight is 340 g/mol. The van der Waals surface area contributed by atoms with Crippen LogP contribution >= 0.6 is 0 Å². The molecule has 0 aliphatic carbocycles. The van der Waals surface area contributed by atoms with Crippen molar-refractivity contribution in [2.24, 2.45) is 0 Å². The van der Waals surface area contributed by atoms with Gasteiger partial charge in [-0.3, -0.25) is 4.79 Å². The van der Waals surface area contributed by atoms with Crippen molar-refractivity contribution in [3.8, 4) is 5.75 Å². The molecule has 1 heterocycles. The van der Waals surface area contributed by atoms with Crippen molar-refractivity contribution < 1.29 is 17.9 Å². The molecule has 0 bridgehead atoms. The monoisotopic (exact) mass is 340 g/mol. The fourth-order valence-electron chi connectivity index (χ4n) is 2.43. The van der Waals surface area contributed by atoms with E-state index in [1.807, 2.05) is 13.8 Å². The van der Waals surface area contributed by atoms with Crippen LogP contribution in [0.5, 0.6) is 5.75 Å². The zero-order valence-corrected chi connectivity index (χ0v) is 14.6. The minimum atomic E-state index is -3.42. The molecule has 1 aromatic carbocycles. The topological polar surface area (TPSA) is 75.7 Å². The second-order valence-electron chi connectivity index (χ2n) is 6.01. The maximum absolute atomic E-state index is 12.4. The Kier molecular flexibility index (Phi) is 5.64. The SMILES string of the molecule is CC(C)NC(=O)[C@@H](C)Oc1ccc(S(=O)(=O)N2CCCC2)cc1. The molecule has 128 valence electrons. The molecule has 1 amide bonds. The maximum atomic E-state index is 12.4. The first-order valence-corrected chi connectivity index (χ1v) is 9.32. The number of hydrogen-bond acceptors (Lipinski definition) is 4. The number of sulfonamides is 1. The Balaban J connectivity index is 2.03. The van der Waals surface area contributed by atoms with Crippen LogP contribution < -0.4 is 10.1 Å². The van der Waals surface area contributed by atoms with Crippen molar-refractivity contribution in [1.82, 2.24) is 9.62 Å². The van der Waals surface area contributed by atoms with E-state index in [2.05, 4.69) is 5.32 Å². The van der Waals surface area contributed by atoms with Crippen LogP contribution in [0.25, 0.3) is 0 Å². The lowest BCUT2D eigenvalue weighted by Gasteiger charge is -2.18. The standard InChI is InChI=1S/C16H24N2O4S/c1-12(2)17-16(19)13(3)22-14-6-8-15(9-7-14)23(20,21)18-10-4-5-11-18/h6-9,12-13H,4-5,10-11H2,1-3H3,(H,17,19)/t13-/m1/s1. The number of hydrogen-bond donors (Lipinski definition) is 1. The molecular weight excluding hydrogens is 316 g/mol. The van der Waals surface area contributed by atoms with E-state index < -0.39 is 16.1 Å². The number of benzene rings is 1. The molecule has 1 aromatic rings. The van der Waals surface area contributed by atoms with E-state index in [0.29, 0.717) is 18.8 Å². The summed E-state index contributed by atoms with van der Waals surface area (Å²) in [4.78, 5) is 12.1. The van der Waals surface area contributed by atoms with E-state index in [9.17, 15) is 13.2 Å². The van der Waals surface area contributed by atoms with Crippen molar-refractivity contribution >= 4 is 15.9 Å². The van der Waals surface area contributed by atoms with Gasteiger partial charge < -0.3 is 10.1 Å². The van der Waals surface area contributed by atoms with Gasteiger partial charge in [0.2, 0.25) is 10.0 Å². The normalized spacial score (nSPS) is 17.2. The molecule has 0 radical (unpaired) electrons. The van der Waals surface area contributed by atoms with Crippen LogP contribution in [0.2, 0.25) is 0 Å². The number of amides is 1. The lowest BCUT2D eigenvalue weighted by atomic mass is 10.3. The number of ether oxygens (including phenoxy) is 1. The summed E-state index contributed by atoms with van der Waals surface area (Å²) in [5.74, 6) is 0.269. The van der Waals surface area contributed by atoms with E-state index in [-0.39, 0.29) is 16.8 Å². The third kappa shape index (κ3) is 4.45. The zero-order valence-electron chi connectivity index (χ0n) is 13.8. The van der Waals surface area contributed by atoms with Crippen LogP contribution in [-0.4, -0.2) is 43.9 Å². The molecular formula is C16H24N2O4S. The van der Waals surface area contributed by atoms with Gasteiger partial charge in [-0.1, -0.05) is 0 Å². The molecule has 2 rings (SSSR count). The number of nitrogens with zero attached hydrogens (tertiary/aromatic N) is 1. The highest BCUT2D eigenvalue weighted by atomic mass is 32.2. The number of nitrogens with one attached hydrogen (secondary N) is 1. The Morgan fingerprint density at radius 2 is 1.70 bits per heavy atom. The van der Waals surface area contributed by atoms with Gasteiger partial charge in [-0.05, 0) is 57.9 Å². The quantitative estimate of drug-likeness (QED) is 0.856. The summed E-state index contributed by atoms with van der Waals surface area (Å²) in [6.45, 7) is 6.57. The summed E-state index contributed by atoms with van der Waals surface area (Å²) in [6, 6.07) is 6.26. The van der Waals surface area contributed by atoms with Gasteiger partial charge in [-0.15, -0.1) is 0 Å². The first-order chi connectivity index (χ1) is 10.8. The molecule has 1 aliphatic rings. The highest BCUT2D eigenvalue weighted by Crippen LogP contribution is 2.23. The van der Waals surface area contributed by atoms with Crippen LogP contribution in [-0.2, 0) is 14.8 Å². The van der Waals surface area contributed by atoms with Gasteiger partial charge in [0.05, 0.1) is 4.90 Å². The van der Waals surface area contributed by atoms with Crippen LogP contribution in [0.3, 0.4) is 0 Å². The molecule has 1 atom stereocenters. The van der Waals surface area contributed by atoms with Gasteiger partial charge in [-0.25, -0.2) is 8.42 Å². The van der Waals surface area contributed by atoms with E-state index in [4.69, 9.17) is 4.74 Å². The Bertz CT molecular complexity index is 635. The zero-order chi connectivity index (χ0) is 17.0. The summed E-state index contributed by atoms with van der Waals surface area (Å²) in [7, 11) is -3.42. The van der Waals surface area contributed by atoms with Crippen LogP contribution in [0, 0.1) is 0 Å². The molecule has 0 unspecified atom stereocenters. The first kappa shape index (κ1) is 17.7. The lowest BCUT2D eigenvalue weighted by molar-refractivity contribution is -0.127. The molecule has 1 N–H and O–H groups in total. The van der Waals surface area contributed by atoms with E-state index in [0.717, 1.165) is 12.8 Å². The maximum Gasteiger partial charge on any atom is 0.260 e. The van der Waals surface area contributed by atoms with Gasteiger partial charge >= 0.3 is 0 Å². The van der Waals surface area contributed by atoms with E-state index in [1.165, 1.54) is 16.4 Å². The molecule has 1 fully saturated rings. The number of carbonyl (C=O) groups excluding carboxylic acids is 1. The summed E-state index contributed by atoms with van der Waals surface area (Å²) < 4.78 is 31.9. The third-order valence-corrected chi connectivity index (χ3v) is 5.55. The van der Waals surface area contributed by atoms with E-state index >= 15 is 0 Å². The highest BCUT2D eigenvalue weighted by molar-refractivity contribution is 7.89. The average Bonchev–Trinajstić information content (AvgIpc) is 3.02. The van der Waals surface area contributed by atoms with Crippen molar-refractivity contribution in [2.45, 2.75) is 50.7 Å². The highest BCUT2D eigenvalue weighted by Gasteiger charge is 2.27. The molecule has 0 saturated carbocycles. The molecule has 0 spiro atoms. The summed E-state index contributed by atoms with van der Waals surface area (Å²) in [5, 5.41) is 2.77. The van der Waals surface area contributed by atoms with Crippen molar-refractivity contribution in [2.75, 3.05) is 13.1 Å². The Morgan fingerprint density at radius 1 is 1.13 bits per heavy atom. The lowest BCUT2D eigenvalue weighted by Crippen LogP contribution is -2.40. The summed E-state index contributed by atoms with van der Waals surface area (Å²) >= 11 is 0. The Labute approximate surface area is 137 Å². The van der Waals surface area contributed by atoms with Crippen molar-refractivity contribution in [1.29, 1.82) is 0 Å². The van der Waals surface area contributed by atoms with Crippen LogP contribution in [0.1, 0.15) is 33.6 Å². The van der Waals surface area contributed by atoms with Gasteiger partial charge in [0.25, 0.3) is 5.91 Å². The van der Waals surface area contributed by atoms with Crippen LogP contribution in [0.4, 0.5) is 0 Å². The minimum absolute atomic E-state index is 0.0431. The first-order valence-electron chi connectivity index (χ1n) is 7.88. The molecule has 23 heavy (non-hydrogen) atoms. The third-order valence-electron chi connectivity index (χ3n) is 3.64. The van der Waals surface area contributed by atoms with Gasteiger partial charge in [-0.2, -0.15) is 4.31 Å². The minimum Gasteiger partial charge on any atom is -0.481 e. The second kappa shape index (κ2) is 7.31. The predicted octanol–water partition coefficient (Wildman–Crippen LogP) is 1.76. The van der Waals surface area contributed by atoms with Gasteiger partial charge in [0, 0.05) is 19.1 Å². The predicted molar refractivity (Wildman–Crippen MR) is 87.8 cm³/mol. The second-order valence-corrected chi connectivity index (χ2v) is 7.94. The number of carbonyl (C=O) groups is 1. The van der Waals surface area contributed by atoms with Gasteiger partial charge in [0.1, 0.15) is 5.75 Å². The Hall–Kier alpha value is -1.60. The van der Waals surface area contributed by atoms with Crippen LogP contribution in [0.15, 0.2) is 29.2 Å². The fraction of sp³-hybridized carbons (Fsp3) is 0.562. The molecule has 7 heteroatoms. The molecule has 1 saturated heterocycles. The molecule has 1 aliphatic heterocycles. The summed E-state index contributed by atoms with van der Waals surface area (Å²) in [6.07, 6.45) is 1.17. The van der Waals surface area contributed by atoms with E-state index in [1.54, 1.807) is 19.1 Å². The smallest absolute Gasteiger partial charge is 0.260 e. The van der Waals surface area contributed by atoms with Crippen molar-refractivity contribution in [3.63, 3.8) is 0 Å². The largest absolute Gasteiger partial charge is 0.481 e. The van der Waals surface area contributed by atoms with Gasteiger partial charge in [0.15, 0.2) is 6.10 Å². The summed E-state index contributed by atoms with van der Waals surface area (Å²) in [5.41, 5.74) is 0.